The van der Waals surface area contributed by atoms with Crippen LogP contribution >= 0.6 is 0 Å². The predicted octanol–water partition coefficient (Wildman–Crippen LogP) is 11.8. The Hall–Kier alpha value is -7.54. The molecule has 2 aliphatic heterocycles. The van der Waals surface area contributed by atoms with Crippen molar-refractivity contribution in [2.75, 3.05) is 40.4 Å². The molecular weight excluding hydrogens is 897 g/mol. The molecular formula is C58H68N4O9. The average Bonchev–Trinajstić information content (AvgIpc) is 3.40. The van der Waals surface area contributed by atoms with Crippen molar-refractivity contribution in [2.45, 2.75) is 66.6 Å². The number of Topliss-reactive ketones (excluding diaryl/α,β-unsaturated/α-hetero) is 2. The van der Waals surface area contributed by atoms with Crippen molar-refractivity contribution in [3.8, 4) is 11.5 Å². The number of amides is 2. The van der Waals surface area contributed by atoms with E-state index in [9.17, 15) is 24.4 Å². The number of piperidine rings is 2. The van der Waals surface area contributed by atoms with Crippen LogP contribution in [0.3, 0.4) is 0 Å². The maximum absolute atomic E-state index is 13.1. The molecule has 0 bridgehead atoms. The standard InChI is InChI=1S/C28H30N2O5.C28H30N2O4.2CH4/c1-3-21-18-29(28(32)35-19-20-7-5-4-6-8-20)15-13-22(21)9-12-27(31)24-14-16-30(33)26-11-10-23(34-2)17-25(24)26;1-3-21-18-30(28(32)34-19-20-7-5-4-6-8-20)16-14-22(21)9-12-27(31)24-13-15-29-26-11-10-23(33-2)17-25(24)26;;/h3-8,10-11,14,16-17,21-22H,1,9,12-13,15,18-19H2,2H3;3-8,10-11,13,15,17,21-22H,1,9,12,14,16,18-19H2,2H3;2*1H4/t2*21-,22+;;/m00../s1. The number of aromatic nitrogens is 2. The van der Waals surface area contributed by atoms with Gasteiger partial charge >= 0.3 is 12.2 Å². The quantitative estimate of drug-likeness (QED) is 0.0397. The molecule has 0 spiro atoms. The van der Waals surface area contributed by atoms with Crippen LogP contribution in [0, 0.1) is 28.9 Å². The van der Waals surface area contributed by atoms with Gasteiger partial charge in [0.05, 0.1) is 25.1 Å². The van der Waals surface area contributed by atoms with E-state index >= 15 is 0 Å². The smallest absolute Gasteiger partial charge is 0.410 e. The van der Waals surface area contributed by atoms with Gasteiger partial charge in [-0.3, -0.25) is 14.6 Å². The summed E-state index contributed by atoms with van der Waals surface area (Å²) in [6.07, 6.45) is 9.98. The first-order chi connectivity index (χ1) is 33.6. The normalized spacial score (nSPS) is 17.3. The summed E-state index contributed by atoms with van der Waals surface area (Å²) in [5.41, 5.74) is 4.30. The lowest BCUT2D eigenvalue weighted by atomic mass is 9.81. The van der Waals surface area contributed by atoms with E-state index in [-0.39, 0.29) is 69.6 Å². The Morgan fingerprint density at radius 3 is 1.63 bits per heavy atom. The van der Waals surface area contributed by atoms with Gasteiger partial charge in [-0.2, -0.15) is 4.73 Å². The Kier molecular flexibility index (Phi) is 20.3. The molecule has 4 aromatic carbocycles. The van der Waals surface area contributed by atoms with Crippen LogP contribution < -0.4 is 14.2 Å². The fourth-order valence-corrected chi connectivity index (χ4v) is 9.27. The number of benzene rings is 4. The molecule has 71 heavy (non-hydrogen) atoms. The summed E-state index contributed by atoms with van der Waals surface area (Å²) in [6, 6.07) is 33.3. The van der Waals surface area contributed by atoms with Crippen LogP contribution in [-0.2, 0) is 22.7 Å². The Morgan fingerprint density at radius 1 is 0.662 bits per heavy atom. The summed E-state index contributed by atoms with van der Waals surface area (Å²) >= 11 is 0. The molecule has 0 N–H and O–H groups in total. The van der Waals surface area contributed by atoms with Crippen LogP contribution in [0.5, 0.6) is 11.5 Å². The summed E-state index contributed by atoms with van der Waals surface area (Å²) < 4.78 is 22.3. The minimum absolute atomic E-state index is 0. The summed E-state index contributed by atoms with van der Waals surface area (Å²) in [7, 11) is 3.16. The highest BCUT2D eigenvalue weighted by atomic mass is 16.6. The highest BCUT2D eigenvalue weighted by molar-refractivity contribution is 6.08. The zero-order valence-electron chi connectivity index (χ0n) is 39.4. The molecule has 6 aromatic rings. The maximum Gasteiger partial charge on any atom is 0.410 e. The Labute approximate surface area is 418 Å². The number of fused-ring (bicyclic) bond motifs is 2. The number of nitrogens with zero attached hydrogens (tertiary/aromatic N) is 4. The SMILES string of the molecule is C.C.C=C[C@H]1CN(C(=O)OCc2ccccc2)CC[C@H]1CCC(=O)c1cc[n+]([O-])c2ccc(OC)cc12.C=C[C@H]1CN(C(=O)OCc2ccccc2)CC[C@H]1CCC(=O)c1ccnc2ccc(OC)cc12. The third kappa shape index (κ3) is 14.1. The van der Waals surface area contributed by atoms with Crippen LogP contribution in [0.25, 0.3) is 21.8 Å². The molecule has 2 saturated heterocycles. The Balaban J connectivity index is 0.000000257. The molecule has 2 aromatic heterocycles. The van der Waals surface area contributed by atoms with Crippen molar-refractivity contribution >= 4 is 45.6 Å². The van der Waals surface area contributed by atoms with E-state index in [4.69, 9.17) is 18.9 Å². The van der Waals surface area contributed by atoms with E-state index in [1.54, 1.807) is 60.5 Å². The third-order valence-corrected chi connectivity index (χ3v) is 13.3. The van der Waals surface area contributed by atoms with Gasteiger partial charge in [0, 0.05) is 73.9 Å². The van der Waals surface area contributed by atoms with E-state index in [1.165, 1.54) is 6.20 Å². The van der Waals surface area contributed by atoms with Crippen molar-refractivity contribution in [3.05, 3.63) is 174 Å². The van der Waals surface area contributed by atoms with E-state index in [0.29, 0.717) is 84.9 Å². The van der Waals surface area contributed by atoms with E-state index in [2.05, 4.69) is 18.1 Å². The predicted molar refractivity (Wildman–Crippen MR) is 278 cm³/mol. The van der Waals surface area contributed by atoms with E-state index < -0.39 is 0 Å². The van der Waals surface area contributed by atoms with Crippen molar-refractivity contribution in [2.24, 2.45) is 23.7 Å². The van der Waals surface area contributed by atoms with Crippen molar-refractivity contribution in [1.82, 2.24) is 14.8 Å². The average molecular weight is 965 g/mol. The molecule has 0 radical (unpaired) electrons. The van der Waals surface area contributed by atoms with Gasteiger partial charge in [0.15, 0.2) is 17.8 Å². The van der Waals surface area contributed by atoms with Gasteiger partial charge in [-0.15, -0.1) is 13.2 Å². The topological polar surface area (TPSA) is 152 Å². The molecule has 2 amide bonds. The third-order valence-electron chi connectivity index (χ3n) is 13.3. The van der Waals surface area contributed by atoms with Crippen molar-refractivity contribution in [1.29, 1.82) is 0 Å². The second kappa shape index (κ2) is 26.4. The number of ether oxygens (including phenoxy) is 4. The monoisotopic (exact) mass is 964 g/mol. The number of hydrogen-bond donors (Lipinski definition) is 0. The summed E-state index contributed by atoms with van der Waals surface area (Å²) in [5.74, 6) is 2.11. The molecule has 2 fully saturated rings. The fourth-order valence-electron chi connectivity index (χ4n) is 9.27. The zero-order chi connectivity index (χ0) is 48.7. The lowest BCUT2D eigenvalue weighted by molar-refractivity contribution is -0.577. The van der Waals surface area contributed by atoms with Crippen LogP contribution in [0.1, 0.15) is 85.2 Å². The minimum Gasteiger partial charge on any atom is -0.618 e. The summed E-state index contributed by atoms with van der Waals surface area (Å²) in [4.78, 5) is 59.2. The van der Waals surface area contributed by atoms with Crippen LogP contribution in [-0.4, -0.2) is 78.9 Å². The molecule has 13 nitrogen and oxygen atoms in total. The maximum atomic E-state index is 13.1. The lowest BCUT2D eigenvalue weighted by Crippen LogP contribution is -2.43. The van der Waals surface area contributed by atoms with Gasteiger partial charge in [0.2, 0.25) is 5.52 Å². The molecule has 4 heterocycles. The fraction of sp³-hybridized carbons (Fsp3) is 0.345. The molecule has 0 saturated carbocycles. The van der Waals surface area contributed by atoms with Gasteiger partial charge in [-0.25, -0.2) is 9.59 Å². The Bertz CT molecular complexity index is 2750. The van der Waals surface area contributed by atoms with Crippen LogP contribution in [0.4, 0.5) is 9.59 Å². The lowest BCUT2D eigenvalue weighted by Gasteiger charge is -2.36. The number of carbonyl (C=O) groups is 4. The Morgan fingerprint density at radius 2 is 1.14 bits per heavy atom. The molecule has 0 aliphatic carbocycles. The van der Waals surface area contributed by atoms with Gasteiger partial charge in [-0.1, -0.05) is 87.7 Å². The second-order valence-electron chi connectivity index (χ2n) is 17.5. The van der Waals surface area contributed by atoms with Gasteiger partial charge < -0.3 is 34.0 Å². The van der Waals surface area contributed by atoms with Crippen molar-refractivity contribution < 1.29 is 42.9 Å². The number of hydrogen-bond acceptors (Lipinski definition) is 10. The summed E-state index contributed by atoms with van der Waals surface area (Å²) in [5, 5.41) is 13.6. The minimum atomic E-state index is -0.328. The first-order valence-corrected chi connectivity index (χ1v) is 23.4. The van der Waals surface area contributed by atoms with Gasteiger partial charge in [0.25, 0.3) is 0 Å². The molecule has 2 aliphatic rings. The first kappa shape index (κ1) is 54.4. The number of carbonyl (C=O) groups excluding carboxylic acids is 4. The molecule has 8 rings (SSSR count). The number of ketones is 2. The second-order valence-corrected chi connectivity index (χ2v) is 17.5. The molecule has 13 heteroatoms. The highest BCUT2D eigenvalue weighted by Gasteiger charge is 2.32. The van der Waals surface area contributed by atoms with E-state index in [0.717, 1.165) is 46.0 Å². The molecule has 374 valence electrons. The van der Waals surface area contributed by atoms with E-state index in [1.807, 2.05) is 91.0 Å². The van der Waals surface area contributed by atoms with Crippen LogP contribution in [0.2, 0.25) is 0 Å². The van der Waals surface area contributed by atoms with Crippen LogP contribution in [0.15, 0.2) is 147 Å². The number of methoxy groups -OCH3 is 2. The largest absolute Gasteiger partial charge is 0.618 e. The van der Waals surface area contributed by atoms with Crippen molar-refractivity contribution in [3.63, 3.8) is 0 Å². The molecule has 0 unspecified atom stereocenters. The highest BCUT2D eigenvalue weighted by Crippen LogP contribution is 2.33. The zero-order valence-corrected chi connectivity index (χ0v) is 39.4. The molecule has 4 atom stereocenters. The first-order valence-electron chi connectivity index (χ1n) is 23.4. The van der Waals surface area contributed by atoms with Gasteiger partial charge in [-0.05, 0) is 96.9 Å². The summed E-state index contributed by atoms with van der Waals surface area (Å²) in [6.45, 7) is 10.7. The number of rotatable bonds is 16. The number of pyridine rings is 2. The number of likely N-dealkylation sites (tertiary alicyclic amines) is 2. The van der Waals surface area contributed by atoms with Gasteiger partial charge in [0.1, 0.15) is 24.7 Å².